The number of hydrogen-bond acceptors (Lipinski definition) is 3. The number of nitrogens with two attached hydrogens (primary N) is 1. The summed E-state index contributed by atoms with van der Waals surface area (Å²) < 4.78 is 27.1. The molecule has 0 saturated carbocycles. The fraction of sp³-hybridized carbons (Fsp3) is 0.500. The summed E-state index contributed by atoms with van der Waals surface area (Å²) in [6, 6.07) is 2.50. The van der Waals surface area contributed by atoms with E-state index in [1.807, 2.05) is 20.8 Å². The zero-order valence-corrected chi connectivity index (χ0v) is 13.6. The lowest BCUT2D eigenvalue weighted by Gasteiger charge is -2.28. The SMILES string of the molecule is CC(NS(=O)(=O)c1ccc(Cl)c(N)c1Cl)C(C)(C)C. The molecule has 108 valence electrons. The van der Waals surface area contributed by atoms with E-state index in [0.717, 1.165) is 0 Å². The minimum absolute atomic E-state index is 0.0545. The highest BCUT2D eigenvalue weighted by molar-refractivity contribution is 7.89. The van der Waals surface area contributed by atoms with E-state index >= 15 is 0 Å². The number of sulfonamides is 1. The van der Waals surface area contributed by atoms with E-state index < -0.39 is 10.0 Å². The monoisotopic (exact) mass is 324 g/mol. The molecular formula is C12H18Cl2N2O2S. The lowest BCUT2D eigenvalue weighted by atomic mass is 9.89. The number of nitrogens with one attached hydrogen (secondary N) is 1. The van der Waals surface area contributed by atoms with Crippen LogP contribution >= 0.6 is 23.2 Å². The van der Waals surface area contributed by atoms with Gasteiger partial charge in [-0.3, -0.25) is 0 Å². The van der Waals surface area contributed by atoms with Gasteiger partial charge in [0.05, 0.1) is 15.7 Å². The van der Waals surface area contributed by atoms with Crippen molar-refractivity contribution in [2.75, 3.05) is 5.73 Å². The molecule has 1 aromatic carbocycles. The van der Waals surface area contributed by atoms with Gasteiger partial charge in [0.1, 0.15) is 4.90 Å². The van der Waals surface area contributed by atoms with Crippen LogP contribution in [0.25, 0.3) is 0 Å². The topological polar surface area (TPSA) is 72.2 Å². The average Bonchev–Trinajstić information content (AvgIpc) is 2.23. The van der Waals surface area contributed by atoms with Crippen LogP contribution in [-0.4, -0.2) is 14.5 Å². The second kappa shape index (κ2) is 5.48. The van der Waals surface area contributed by atoms with Crippen molar-refractivity contribution in [2.24, 2.45) is 5.41 Å². The van der Waals surface area contributed by atoms with Crippen molar-refractivity contribution in [1.29, 1.82) is 0 Å². The van der Waals surface area contributed by atoms with Gasteiger partial charge in [0, 0.05) is 6.04 Å². The molecule has 1 rings (SSSR count). The number of nitrogen functional groups attached to an aromatic ring is 1. The van der Waals surface area contributed by atoms with Gasteiger partial charge in [-0.05, 0) is 24.5 Å². The van der Waals surface area contributed by atoms with Crippen LogP contribution in [-0.2, 0) is 10.0 Å². The Hall–Kier alpha value is -0.490. The molecule has 3 N–H and O–H groups in total. The lowest BCUT2D eigenvalue weighted by Crippen LogP contribution is -2.41. The highest BCUT2D eigenvalue weighted by Gasteiger charge is 2.28. The normalized spacial score (nSPS) is 14.4. The van der Waals surface area contributed by atoms with Crippen LogP contribution < -0.4 is 10.5 Å². The molecule has 1 atom stereocenters. The van der Waals surface area contributed by atoms with Crippen molar-refractivity contribution < 1.29 is 8.42 Å². The maximum absolute atomic E-state index is 12.3. The summed E-state index contributed by atoms with van der Waals surface area (Å²) in [5, 5.41) is 0.175. The highest BCUT2D eigenvalue weighted by atomic mass is 35.5. The minimum atomic E-state index is -3.73. The van der Waals surface area contributed by atoms with E-state index in [9.17, 15) is 8.42 Å². The van der Waals surface area contributed by atoms with Crippen molar-refractivity contribution in [3.05, 3.63) is 22.2 Å². The van der Waals surface area contributed by atoms with Crippen LogP contribution in [0.15, 0.2) is 17.0 Å². The van der Waals surface area contributed by atoms with Crippen molar-refractivity contribution in [3.8, 4) is 0 Å². The number of hydrogen-bond donors (Lipinski definition) is 2. The first-order valence-electron chi connectivity index (χ1n) is 5.72. The summed E-state index contributed by atoms with van der Waals surface area (Å²) in [5.41, 5.74) is 5.49. The number of benzene rings is 1. The van der Waals surface area contributed by atoms with Crippen LogP contribution in [0, 0.1) is 5.41 Å². The van der Waals surface area contributed by atoms with Gasteiger partial charge in [-0.15, -0.1) is 0 Å². The molecule has 7 heteroatoms. The Kier molecular flexibility index (Phi) is 4.78. The van der Waals surface area contributed by atoms with Crippen LogP contribution in [0.3, 0.4) is 0 Å². The second-order valence-electron chi connectivity index (χ2n) is 5.48. The predicted molar refractivity (Wildman–Crippen MR) is 80.1 cm³/mol. The number of halogens is 2. The first-order chi connectivity index (χ1) is 8.47. The highest BCUT2D eigenvalue weighted by Crippen LogP contribution is 2.33. The minimum Gasteiger partial charge on any atom is -0.396 e. The molecule has 0 amide bonds. The summed E-state index contributed by atoms with van der Waals surface area (Å²) in [6.07, 6.45) is 0. The molecule has 0 fully saturated rings. The second-order valence-corrected chi connectivity index (χ2v) is 7.95. The molecule has 0 saturated heterocycles. The largest absolute Gasteiger partial charge is 0.396 e. The summed E-state index contributed by atoms with van der Waals surface area (Å²) in [4.78, 5) is -0.0628. The molecule has 0 bridgehead atoms. The van der Waals surface area contributed by atoms with Gasteiger partial charge >= 0.3 is 0 Å². The Balaban J connectivity index is 3.19. The average molecular weight is 325 g/mol. The molecule has 0 spiro atoms. The van der Waals surface area contributed by atoms with Gasteiger partial charge in [-0.1, -0.05) is 44.0 Å². The number of rotatable bonds is 3. The van der Waals surface area contributed by atoms with Gasteiger partial charge in [-0.25, -0.2) is 13.1 Å². The van der Waals surface area contributed by atoms with Crippen LogP contribution in [0.4, 0.5) is 5.69 Å². The molecule has 19 heavy (non-hydrogen) atoms. The Labute approximate surface area is 124 Å². The van der Waals surface area contributed by atoms with E-state index in [0.29, 0.717) is 0 Å². The van der Waals surface area contributed by atoms with Gasteiger partial charge in [0.25, 0.3) is 0 Å². The molecule has 1 unspecified atom stereocenters. The zero-order chi connectivity index (χ0) is 15.0. The van der Waals surface area contributed by atoms with Crippen LogP contribution in [0.1, 0.15) is 27.7 Å². The maximum atomic E-state index is 12.3. The lowest BCUT2D eigenvalue weighted by molar-refractivity contribution is 0.317. The van der Waals surface area contributed by atoms with Crippen LogP contribution in [0.2, 0.25) is 10.0 Å². The third-order valence-corrected chi connectivity index (χ3v) is 5.44. The quantitative estimate of drug-likeness (QED) is 0.838. The fourth-order valence-corrected chi connectivity index (χ4v) is 3.44. The Morgan fingerprint density at radius 1 is 1.26 bits per heavy atom. The summed E-state index contributed by atoms with van der Waals surface area (Å²) in [5.74, 6) is 0. The molecular weight excluding hydrogens is 307 g/mol. The Morgan fingerprint density at radius 3 is 2.26 bits per heavy atom. The summed E-state index contributed by atoms with van der Waals surface area (Å²) in [7, 11) is -3.73. The molecule has 0 aliphatic rings. The molecule has 0 aliphatic carbocycles. The Morgan fingerprint density at radius 2 is 1.79 bits per heavy atom. The third-order valence-electron chi connectivity index (χ3n) is 3.01. The van der Waals surface area contributed by atoms with E-state index in [1.165, 1.54) is 12.1 Å². The van der Waals surface area contributed by atoms with Gasteiger partial charge in [0.15, 0.2) is 0 Å². The van der Waals surface area contributed by atoms with E-state index in [1.54, 1.807) is 6.92 Å². The van der Waals surface area contributed by atoms with Gasteiger partial charge in [-0.2, -0.15) is 0 Å². The first-order valence-corrected chi connectivity index (χ1v) is 7.96. The van der Waals surface area contributed by atoms with E-state index in [2.05, 4.69) is 4.72 Å². The van der Waals surface area contributed by atoms with Crippen molar-refractivity contribution >= 4 is 38.9 Å². The van der Waals surface area contributed by atoms with Gasteiger partial charge < -0.3 is 5.73 Å². The smallest absolute Gasteiger partial charge is 0.242 e. The van der Waals surface area contributed by atoms with Crippen molar-refractivity contribution in [1.82, 2.24) is 4.72 Å². The summed E-state index contributed by atoms with van der Waals surface area (Å²) in [6.45, 7) is 7.62. The molecule has 0 aliphatic heterocycles. The molecule has 0 aromatic heterocycles. The number of anilines is 1. The third kappa shape index (κ3) is 3.75. The Bertz CT molecular complexity index is 580. The van der Waals surface area contributed by atoms with E-state index in [4.69, 9.17) is 28.9 Å². The molecule has 4 nitrogen and oxygen atoms in total. The molecule has 0 heterocycles. The van der Waals surface area contributed by atoms with E-state index in [-0.39, 0.29) is 32.1 Å². The first kappa shape index (κ1) is 16.6. The van der Waals surface area contributed by atoms with Crippen LogP contribution in [0.5, 0.6) is 0 Å². The zero-order valence-electron chi connectivity index (χ0n) is 11.3. The maximum Gasteiger partial charge on any atom is 0.242 e. The molecule has 1 aromatic rings. The van der Waals surface area contributed by atoms with Crippen molar-refractivity contribution in [2.45, 2.75) is 38.6 Å². The van der Waals surface area contributed by atoms with Gasteiger partial charge in [0.2, 0.25) is 10.0 Å². The summed E-state index contributed by atoms with van der Waals surface area (Å²) >= 11 is 11.7. The van der Waals surface area contributed by atoms with Crippen molar-refractivity contribution in [3.63, 3.8) is 0 Å². The fourth-order valence-electron chi connectivity index (χ4n) is 1.23. The predicted octanol–water partition coefficient (Wildman–Crippen LogP) is 3.29. The standard InChI is InChI=1S/C12H18Cl2N2O2S/c1-7(12(2,3)4)16-19(17,18)9-6-5-8(13)11(15)10(9)14/h5-7,16H,15H2,1-4H3. The molecule has 0 radical (unpaired) electrons.